The highest BCUT2D eigenvalue weighted by molar-refractivity contribution is 9.10. The highest BCUT2D eigenvalue weighted by Crippen LogP contribution is 2.29. The molecule has 0 fully saturated rings. The second kappa shape index (κ2) is 7.88. The highest BCUT2D eigenvalue weighted by atomic mass is 79.9. The van der Waals surface area contributed by atoms with Gasteiger partial charge in [-0.3, -0.25) is 0 Å². The molecule has 0 spiro atoms. The zero-order valence-electron chi connectivity index (χ0n) is 13.4. The first kappa shape index (κ1) is 17.8. The Morgan fingerprint density at radius 3 is 2.76 bits per heavy atom. The number of hydrogen-bond donors (Lipinski definition) is 1. The summed E-state index contributed by atoms with van der Waals surface area (Å²) in [7, 11) is 1.63. The molecule has 0 aliphatic rings. The molecule has 0 radical (unpaired) electrons. The van der Waals surface area contributed by atoms with Crippen LogP contribution in [0.5, 0.6) is 5.75 Å². The molecule has 0 aliphatic heterocycles. The van der Waals surface area contributed by atoms with E-state index in [0.717, 1.165) is 15.8 Å². The number of thioether (sulfide) groups is 1. The maximum absolute atomic E-state index is 13.8. The van der Waals surface area contributed by atoms with Crippen molar-refractivity contribution < 1.29 is 9.13 Å². The van der Waals surface area contributed by atoms with Gasteiger partial charge in [0.2, 0.25) is 5.16 Å². The Morgan fingerprint density at radius 2 is 2.00 bits per heavy atom. The first-order valence-corrected chi connectivity index (χ1v) is 9.24. The lowest BCUT2D eigenvalue weighted by Gasteiger charge is -2.09. The van der Waals surface area contributed by atoms with E-state index in [4.69, 9.17) is 10.6 Å². The van der Waals surface area contributed by atoms with Gasteiger partial charge in [-0.1, -0.05) is 45.9 Å². The van der Waals surface area contributed by atoms with Gasteiger partial charge in [-0.15, -0.1) is 10.2 Å². The van der Waals surface area contributed by atoms with Crippen LogP contribution in [0.15, 0.2) is 52.1 Å². The number of ether oxygens (including phenoxy) is 1. The molecule has 0 saturated carbocycles. The fourth-order valence-electron chi connectivity index (χ4n) is 2.34. The minimum absolute atomic E-state index is 0.279. The van der Waals surface area contributed by atoms with E-state index in [1.165, 1.54) is 22.5 Å². The van der Waals surface area contributed by atoms with Gasteiger partial charge in [-0.05, 0) is 29.8 Å². The third kappa shape index (κ3) is 4.13. The summed E-state index contributed by atoms with van der Waals surface area (Å²) in [6.45, 7) is 0. The van der Waals surface area contributed by atoms with Crippen LogP contribution in [0, 0.1) is 5.82 Å². The van der Waals surface area contributed by atoms with E-state index in [0.29, 0.717) is 22.3 Å². The number of hydrogen-bond acceptors (Lipinski definition) is 5. The van der Waals surface area contributed by atoms with Gasteiger partial charge >= 0.3 is 0 Å². The first-order valence-electron chi connectivity index (χ1n) is 7.46. The van der Waals surface area contributed by atoms with Crippen molar-refractivity contribution in [2.24, 2.45) is 0 Å². The van der Waals surface area contributed by atoms with Gasteiger partial charge in [-0.25, -0.2) is 9.07 Å². The van der Waals surface area contributed by atoms with Gasteiger partial charge in [-0.2, -0.15) is 0 Å². The molecule has 3 rings (SSSR count). The van der Waals surface area contributed by atoms with Crippen LogP contribution in [0.2, 0.25) is 0 Å². The van der Waals surface area contributed by atoms with Crippen molar-refractivity contribution in [2.75, 3.05) is 13.0 Å². The molecule has 5 nitrogen and oxygen atoms in total. The van der Waals surface area contributed by atoms with E-state index in [1.54, 1.807) is 25.3 Å². The fourth-order valence-corrected chi connectivity index (χ4v) is 3.60. The monoisotopic (exact) mass is 422 g/mol. The van der Waals surface area contributed by atoms with E-state index in [2.05, 4.69) is 26.1 Å². The molecule has 25 heavy (non-hydrogen) atoms. The van der Waals surface area contributed by atoms with Crippen molar-refractivity contribution in [3.05, 3.63) is 69.7 Å². The molecule has 2 N–H and O–H groups in total. The molecule has 0 bridgehead atoms. The normalized spacial score (nSPS) is 10.8. The number of benzene rings is 2. The molecule has 8 heteroatoms. The number of halogens is 2. The SMILES string of the molecule is COc1ccc(Br)cc1CSc1nnc(Cc2ccccc2F)n1N. The molecular formula is C17H16BrFN4OS. The summed E-state index contributed by atoms with van der Waals surface area (Å²) in [5, 5.41) is 8.76. The summed E-state index contributed by atoms with van der Waals surface area (Å²) in [6.07, 6.45) is 0.289. The lowest BCUT2D eigenvalue weighted by Crippen LogP contribution is -2.14. The predicted molar refractivity (Wildman–Crippen MR) is 99.6 cm³/mol. The molecule has 0 amide bonds. The summed E-state index contributed by atoms with van der Waals surface area (Å²) in [6, 6.07) is 12.4. The van der Waals surface area contributed by atoms with Crippen LogP contribution < -0.4 is 10.6 Å². The van der Waals surface area contributed by atoms with Crippen LogP contribution in [0.3, 0.4) is 0 Å². The van der Waals surface area contributed by atoms with E-state index < -0.39 is 0 Å². The van der Waals surface area contributed by atoms with Gasteiger partial charge in [0.05, 0.1) is 7.11 Å². The van der Waals surface area contributed by atoms with Crippen molar-refractivity contribution >= 4 is 27.7 Å². The smallest absolute Gasteiger partial charge is 0.210 e. The quantitative estimate of drug-likeness (QED) is 0.483. The van der Waals surface area contributed by atoms with Crippen LogP contribution >= 0.6 is 27.7 Å². The number of nitrogens with zero attached hydrogens (tertiary/aromatic N) is 3. The lowest BCUT2D eigenvalue weighted by molar-refractivity contribution is 0.411. The zero-order valence-corrected chi connectivity index (χ0v) is 15.8. The lowest BCUT2D eigenvalue weighted by atomic mass is 10.1. The van der Waals surface area contributed by atoms with Crippen molar-refractivity contribution in [1.82, 2.24) is 14.9 Å². The summed E-state index contributed by atoms with van der Waals surface area (Å²) >= 11 is 4.90. The third-order valence-corrected chi connectivity index (χ3v) is 5.13. The minimum atomic E-state index is -0.279. The van der Waals surface area contributed by atoms with Crippen molar-refractivity contribution in [1.29, 1.82) is 0 Å². The Labute approximate surface area is 157 Å². The Bertz CT molecular complexity index is 887. The van der Waals surface area contributed by atoms with Gasteiger partial charge in [0, 0.05) is 22.2 Å². The van der Waals surface area contributed by atoms with Crippen molar-refractivity contribution in [3.8, 4) is 5.75 Å². The van der Waals surface area contributed by atoms with Crippen LogP contribution in [0.4, 0.5) is 4.39 Å². The molecule has 1 aromatic heterocycles. The summed E-state index contributed by atoms with van der Waals surface area (Å²) < 4.78 is 21.5. The molecular weight excluding hydrogens is 407 g/mol. The van der Waals surface area contributed by atoms with Gasteiger partial charge in [0.15, 0.2) is 5.82 Å². The van der Waals surface area contributed by atoms with Gasteiger partial charge in [0.1, 0.15) is 11.6 Å². The molecule has 1 heterocycles. The molecule has 3 aromatic rings. The Hall–Kier alpha value is -2.06. The van der Waals surface area contributed by atoms with Crippen LogP contribution in [-0.2, 0) is 12.2 Å². The predicted octanol–water partition coefficient (Wildman–Crippen LogP) is 3.79. The van der Waals surface area contributed by atoms with Gasteiger partial charge < -0.3 is 10.6 Å². The number of rotatable bonds is 6. The molecule has 0 unspecified atom stereocenters. The summed E-state index contributed by atoms with van der Waals surface area (Å²) in [5.74, 6) is 7.72. The zero-order chi connectivity index (χ0) is 17.8. The maximum atomic E-state index is 13.8. The largest absolute Gasteiger partial charge is 0.496 e. The fraction of sp³-hybridized carbons (Fsp3) is 0.176. The molecule has 0 aliphatic carbocycles. The first-order chi connectivity index (χ1) is 12.1. The summed E-state index contributed by atoms with van der Waals surface area (Å²) in [4.78, 5) is 0. The second-order valence-corrected chi connectivity index (χ2v) is 7.14. The van der Waals surface area contributed by atoms with E-state index in [1.807, 2.05) is 18.2 Å². The molecule has 130 valence electrons. The Morgan fingerprint density at radius 1 is 1.20 bits per heavy atom. The van der Waals surface area contributed by atoms with Gasteiger partial charge in [0.25, 0.3) is 0 Å². The molecule has 0 atom stereocenters. The molecule has 0 saturated heterocycles. The molecule has 2 aromatic carbocycles. The topological polar surface area (TPSA) is 66.0 Å². The second-order valence-electron chi connectivity index (χ2n) is 5.28. The minimum Gasteiger partial charge on any atom is -0.496 e. The third-order valence-electron chi connectivity index (χ3n) is 3.64. The maximum Gasteiger partial charge on any atom is 0.210 e. The summed E-state index contributed by atoms with van der Waals surface area (Å²) in [5.41, 5.74) is 1.55. The van der Waals surface area contributed by atoms with E-state index in [-0.39, 0.29) is 12.2 Å². The van der Waals surface area contributed by atoms with E-state index >= 15 is 0 Å². The Balaban J connectivity index is 1.74. The van der Waals surface area contributed by atoms with Crippen molar-refractivity contribution in [3.63, 3.8) is 0 Å². The van der Waals surface area contributed by atoms with Crippen LogP contribution in [0.25, 0.3) is 0 Å². The average Bonchev–Trinajstić information content (AvgIpc) is 2.95. The average molecular weight is 423 g/mol. The standard InChI is InChI=1S/C17H16BrFN4OS/c1-24-15-7-6-13(18)8-12(15)10-25-17-22-21-16(23(17)20)9-11-4-2-3-5-14(11)19/h2-8H,9-10,20H2,1H3. The Kier molecular flexibility index (Phi) is 5.60. The van der Waals surface area contributed by atoms with Crippen molar-refractivity contribution in [2.45, 2.75) is 17.3 Å². The van der Waals surface area contributed by atoms with Crippen LogP contribution in [0.1, 0.15) is 17.0 Å². The van der Waals surface area contributed by atoms with E-state index in [9.17, 15) is 4.39 Å². The number of nitrogens with two attached hydrogens (primary N) is 1. The number of methoxy groups -OCH3 is 1. The highest BCUT2D eigenvalue weighted by Gasteiger charge is 2.14. The number of aromatic nitrogens is 3. The number of nitrogen functional groups attached to an aromatic ring is 1. The van der Waals surface area contributed by atoms with Crippen LogP contribution in [-0.4, -0.2) is 22.0 Å².